The molecule has 2 heterocycles. The molecule has 2 aliphatic heterocycles. The van der Waals surface area contributed by atoms with E-state index in [0.29, 0.717) is 30.2 Å². The molecule has 27 heavy (non-hydrogen) atoms. The lowest BCUT2D eigenvalue weighted by Gasteiger charge is -2.39. The molecule has 0 spiro atoms. The van der Waals surface area contributed by atoms with E-state index in [1.54, 1.807) is 42.0 Å². The topological polar surface area (TPSA) is 68.3 Å². The van der Waals surface area contributed by atoms with Crippen LogP contribution in [0.5, 0.6) is 17.2 Å². The SMILES string of the molecule is COc1ccc(N2CCN(C(=O)c3ccc4c(c3)OCO4)[C@@H](C)C2=O)cc1. The lowest BCUT2D eigenvalue weighted by atomic mass is 10.1. The Morgan fingerprint density at radius 3 is 2.56 bits per heavy atom. The Morgan fingerprint density at radius 1 is 1.07 bits per heavy atom. The van der Waals surface area contributed by atoms with E-state index in [4.69, 9.17) is 14.2 Å². The van der Waals surface area contributed by atoms with E-state index in [2.05, 4.69) is 0 Å². The van der Waals surface area contributed by atoms with Gasteiger partial charge in [-0.3, -0.25) is 9.59 Å². The number of hydrogen-bond acceptors (Lipinski definition) is 5. The summed E-state index contributed by atoms with van der Waals surface area (Å²) in [6.07, 6.45) is 0. The molecule has 2 aromatic carbocycles. The third-order valence-electron chi connectivity index (χ3n) is 4.92. The van der Waals surface area contributed by atoms with Crippen LogP contribution in [0.4, 0.5) is 5.69 Å². The quantitative estimate of drug-likeness (QED) is 0.832. The van der Waals surface area contributed by atoms with Crippen molar-refractivity contribution in [3.05, 3.63) is 48.0 Å². The second kappa shape index (κ2) is 6.83. The largest absolute Gasteiger partial charge is 0.497 e. The number of carbonyl (C=O) groups excluding carboxylic acids is 2. The molecule has 7 heteroatoms. The predicted octanol–water partition coefficient (Wildman–Crippen LogP) is 2.30. The first-order valence-corrected chi connectivity index (χ1v) is 8.74. The highest BCUT2D eigenvalue weighted by molar-refractivity contribution is 6.03. The highest BCUT2D eigenvalue weighted by Crippen LogP contribution is 2.33. The number of anilines is 1. The highest BCUT2D eigenvalue weighted by atomic mass is 16.7. The van der Waals surface area contributed by atoms with Crippen molar-refractivity contribution in [1.29, 1.82) is 0 Å². The van der Waals surface area contributed by atoms with Crippen LogP contribution >= 0.6 is 0 Å². The third-order valence-corrected chi connectivity index (χ3v) is 4.92. The maximum Gasteiger partial charge on any atom is 0.254 e. The van der Waals surface area contributed by atoms with Crippen LogP contribution in [0, 0.1) is 0 Å². The van der Waals surface area contributed by atoms with Gasteiger partial charge in [0.1, 0.15) is 11.8 Å². The van der Waals surface area contributed by atoms with Crippen LogP contribution in [0.25, 0.3) is 0 Å². The average Bonchev–Trinajstić information content (AvgIpc) is 3.17. The molecule has 0 aliphatic carbocycles. The van der Waals surface area contributed by atoms with Crippen LogP contribution < -0.4 is 19.1 Å². The maximum atomic E-state index is 12.9. The van der Waals surface area contributed by atoms with Gasteiger partial charge in [0.15, 0.2) is 11.5 Å². The van der Waals surface area contributed by atoms with Crippen LogP contribution in [-0.2, 0) is 4.79 Å². The van der Waals surface area contributed by atoms with Crippen LogP contribution in [0.1, 0.15) is 17.3 Å². The van der Waals surface area contributed by atoms with Crippen molar-refractivity contribution in [2.75, 3.05) is 31.9 Å². The summed E-state index contributed by atoms with van der Waals surface area (Å²) in [5.41, 5.74) is 1.28. The zero-order valence-electron chi connectivity index (χ0n) is 15.2. The van der Waals surface area contributed by atoms with E-state index >= 15 is 0 Å². The molecule has 0 bridgehead atoms. The van der Waals surface area contributed by atoms with Crippen molar-refractivity contribution in [2.45, 2.75) is 13.0 Å². The normalized spacial score (nSPS) is 18.6. The van der Waals surface area contributed by atoms with E-state index in [9.17, 15) is 9.59 Å². The molecule has 0 radical (unpaired) electrons. The molecule has 2 amide bonds. The number of rotatable bonds is 3. The minimum absolute atomic E-state index is 0.111. The van der Waals surface area contributed by atoms with Crippen molar-refractivity contribution in [1.82, 2.24) is 4.90 Å². The van der Waals surface area contributed by atoms with Crippen molar-refractivity contribution in [3.63, 3.8) is 0 Å². The Labute approximate surface area is 157 Å². The van der Waals surface area contributed by atoms with Gasteiger partial charge in [-0.05, 0) is 49.4 Å². The summed E-state index contributed by atoms with van der Waals surface area (Å²) in [4.78, 5) is 29.1. The lowest BCUT2D eigenvalue weighted by molar-refractivity contribution is -0.124. The molecule has 1 fully saturated rings. The minimum atomic E-state index is -0.557. The smallest absolute Gasteiger partial charge is 0.254 e. The average molecular weight is 368 g/mol. The van der Waals surface area contributed by atoms with Gasteiger partial charge in [-0.2, -0.15) is 0 Å². The number of nitrogens with zero attached hydrogens (tertiary/aromatic N) is 2. The van der Waals surface area contributed by atoms with E-state index in [0.717, 1.165) is 11.4 Å². The molecular weight excluding hydrogens is 348 g/mol. The Morgan fingerprint density at radius 2 is 1.81 bits per heavy atom. The summed E-state index contributed by atoms with van der Waals surface area (Å²) < 4.78 is 15.8. The molecule has 7 nitrogen and oxygen atoms in total. The number of methoxy groups -OCH3 is 1. The maximum absolute atomic E-state index is 12.9. The van der Waals surface area contributed by atoms with Gasteiger partial charge in [-0.15, -0.1) is 0 Å². The van der Waals surface area contributed by atoms with Gasteiger partial charge in [-0.1, -0.05) is 0 Å². The van der Waals surface area contributed by atoms with E-state index < -0.39 is 6.04 Å². The molecule has 1 atom stereocenters. The molecule has 0 aromatic heterocycles. The van der Waals surface area contributed by atoms with Gasteiger partial charge in [0.25, 0.3) is 5.91 Å². The standard InChI is InChI=1S/C20H20N2O5/c1-13-19(23)22(15-4-6-16(25-2)7-5-15)10-9-21(13)20(24)14-3-8-17-18(11-14)27-12-26-17/h3-8,11,13H,9-10,12H2,1-2H3/t13-/m0/s1. The Balaban J connectivity index is 1.51. The molecule has 2 aliphatic rings. The van der Waals surface area contributed by atoms with Gasteiger partial charge >= 0.3 is 0 Å². The van der Waals surface area contributed by atoms with E-state index in [1.807, 2.05) is 24.3 Å². The number of ether oxygens (including phenoxy) is 3. The minimum Gasteiger partial charge on any atom is -0.497 e. The number of carbonyl (C=O) groups is 2. The first-order valence-electron chi connectivity index (χ1n) is 8.74. The summed E-state index contributed by atoms with van der Waals surface area (Å²) in [6, 6.07) is 11.8. The highest BCUT2D eigenvalue weighted by Gasteiger charge is 2.35. The fourth-order valence-electron chi connectivity index (χ4n) is 3.36. The summed E-state index contributed by atoms with van der Waals surface area (Å²) in [7, 11) is 1.60. The van der Waals surface area contributed by atoms with Crippen molar-refractivity contribution in [3.8, 4) is 17.2 Å². The molecule has 4 rings (SSSR count). The molecular formula is C20H20N2O5. The van der Waals surface area contributed by atoms with Gasteiger partial charge in [0.2, 0.25) is 12.7 Å². The molecule has 140 valence electrons. The summed E-state index contributed by atoms with van der Waals surface area (Å²) in [6.45, 7) is 2.79. The Hall–Kier alpha value is -3.22. The van der Waals surface area contributed by atoms with Crippen LogP contribution in [0.15, 0.2) is 42.5 Å². The molecule has 0 unspecified atom stereocenters. The predicted molar refractivity (Wildman–Crippen MR) is 98.4 cm³/mol. The number of hydrogen-bond donors (Lipinski definition) is 0. The first-order chi connectivity index (χ1) is 13.1. The third kappa shape index (κ3) is 3.05. The molecule has 1 saturated heterocycles. The van der Waals surface area contributed by atoms with Crippen LogP contribution in [0.3, 0.4) is 0 Å². The molecule has 0 saturated carbocycles. The zero-order chi connectivity index (χ0) is 19.0. The van der Waals surface area contributed by atoms with E-state index in [1.165, 1.54) is 0 Å². The lowest BCUT2D eigenvalue weighted by Crippen LogP contribution is -2.57. The zero-order valence-corrected chi connectivity index (χ0v) is 15.2. The number of amides is 2. The van der Waals surface area contributed by atoms with Crippen LogP contribution in [0.2, 0.25) is 0 Å². The number of piperazine rings is 1. The second-order valence-corrected chi connectivity index (χ2v) is 6.43. The molecule has 0 N–H and O–H groups in total. The Kier molecular flexibility index (Phi) is 4.35. The monoisotopic (exact) mass is 368 g/mol. The fourth-order valence-corrected chi connectivity index (χ4v) is 3.36. The van der Waals surface area contributed by atoms with Crippen molar-refractivity contribution < 1.29 is 23.8 Å². The summed E-state index contributed by atoms with van der Waals surface area (Å²) in [5, 5.41) is 0. The molecule has 2 aromatic rings. The Bertz CT molecular complexity index is 880. The number of fused-ring (bicyclic) bond motifs is 1. The first kappa shape index (κ1) is 17.2. The fraction of sp³-hybridized carbons (Fsp3) is 0.300. The van der Waals surface area contributed by atoms with Crippen molar-refractivity contribution >= 4 is 17.5 Å². The van der Waals surface area contributed by atoms with E-state index in [-0.39, 0.29) is 18.6 Å². The summed E-state index contributed by atoms with van der Waals surface area (Å²) in [5.74, 6) is 1.61. The van der Waals surface area contributed by atoms with Crippen molar-refractivity contribution in [2.24, 2.45) is 0 Å². The number of benzene rings is 2. The second-order valence-electron chi connectivity index (χ2n) is 6.43. The van der Waals surface area contributed by atoms with Crippen LogP contribution in [-0.4, -0.2) is 49.7 Å². The summed E-state index contributed by atoms with van der Waals surface area (Å²) >= 11 is 0. The van der Waals surface area contributed by atoms with Gasteiger partial charge in [-0.25, -0.2) is 0 Å². The van der Waals surface area contributed by atoms with Gasteiger partial charge in [0, 0.05) is 24.3 Å². The van der Waals surface area contributed by atoms with Gasteiger partial charge < -0.3 is 24.0 Å². The van der Waals surface area contributed by atoms with Gasteiger partial charge in [0.05, 0.1) is 7.11 Å².